The maximum Gasteiger partial charge on any atom is 0.289 e. The number of thioether (sulfide) groups is 1. The predicted molar refractivity (Wildman–Crippen MR) is 85.6 cm³/mol. The lowest BCUT2D eigenvalue weighted by Gasteiger charge is -2.24. The van der Waals surface area contributed by atoms with E-state index >= 15 is 0 Å². The van der Waals surface area contributed by atoms with Crippen LogP contribution in [0.5, 0.6) is 0 Å². The molecule has 0 radical (unpaired) electrons. The SMILES string of the molecule is CSCC(C)N(C)S(=O)(=O)c1cc([N+](=O)[O-])c(Cl)cc1C. The van der Waals surface area contributed by atoms with Crippen molar-refractivity contribution in [2.45, 2.75) is 24.8 Å². The van der Waals surface area contributed by atoms with Crippen molar-refractivity contribution in [2.75, 3.05) is 19.1 Å². The molecule has 0 aliphatic carbocycles. The van der Waals surface area contributed by atoms with Crippen LogP contribution in [-0.4, -0.2) is 42.7 Å². The third-order valence-electron chi connectivity index (χ3n) is 3.13. The Balaban J connectivity index is 3.38. The first kappa shape index (κ1) is 18.2. The molecule has 1 aromatic carbocycles. The maximum atomic E-state index is 12.6. The van der Waals surface area contributed by atoms with Gasteiger partial charge in [0, 0.05) is 24.9 Å². The molecule has 0 aromatic heterocycles. The smallest absolute Gasteiger partial charge is 0.258 e. The molecule has 0 N–H and O–H groups in total. The number of sulfonamides is 1. The zero-order valence-corrected chi connectivity index (χ0v) is 14.5. The lowest BCUT2D eigenvalue weighted by molar-refractivity contribution is -0.384. The Hall–Kier alpha value is -0.830. The van der Waals surface area contributed by atoms with Gasteiger partial charge in [0.05, 0.1) is 9.82 Å². The van der Waals surface area contributed by atoms with Crippen molar-refractivity contribution in [3.8, 4) is 0 Å². The molecule has 1 atom stereocenters. The Labute approximate surface area is 133 Å². The van der Waals surface area contributed by atoms with Crippen LogP contribution in [0.25, 0.3) is 0 Å². The van der Waals surface area contributed by atoms with Crippen LogP contribution in [0.2, 0.25) is 5.02 Å². The van der Waals surface area contributed by atoms with Gasteiger partial charge < -0.3 is 0 Å². The normalized spacial score (nSPS) is 13.4. The Morgan fingerprint density at radius 3 is 2.52 bits per heavy atom. The summed E-state index contributed by atoms with van der Waals surface area (Å²) in [7, 11) is -2.34. The first-order valence-corrected chi connectivity index (χ1v) is 9.25. The van der Waals surface area contributed by atoms with Crippen molar-refractivity contribution >= 4 is 39.1 Å². The predicted octanol–water partition coefficient (Wildman–Crippen LogP) is 2.93. The summed E-state index contributed by atoms with van der Waals surface area (Å²) >= 11 is 7.31. The molecular weight excluding hydrogens is 336 g/mol. The summed E-state index contributed by atoms with van der Waals surface area (Å²) in [6, 6.07) is 2.11. The van der Waals surface area contributed by atoms with Gasteiger partial charge in [0.25, 0.3) is 5.69 Å². The van der Waals surface area contributed by atoms with Crippen LogP contribution in [0.3, 0.4) is 0 Å². The average molecular weight is 353 g/mol. The summed E-state index contributed by atoms with van der Waals surface area (Å²) in [6.07, 6.45) is 1.88. The number of rotatable bonds is 6. The molecule has 6 nitrogen and oxygen atoms in total. The van der Waals surface area contributed by atoms with E-state index in [2.05, 4.69) is 0 Å². The van der Waals surface area contributed by atoms with Crippen LogP contribution < -0.4 is 0 Å². The van der Waals surface area contributed by atoms with E-state index in [0.717, 1.165) is 6.07 Å². The quantitative estimate of drug-likeness (QED) is 0.580. The van der Waals surface area contributed by atoms with Crippen LogP contribution in [0.15, 0.2) is 17.0 Å². The molecule has 1 rings (SSSR count). The summed E-state index contributed by atoms with van der Waals surface area (Å²) in [4.78, 5) is 10.2. The zero-order chi connectivity index (χ0) is 16.4. The molecule has 1 unspecified atom stereocenters. The fourth-order valence-corrected chi connectivity index (χ4v) is 4.47. The molecule has 0 aliphatic heterocycles. The number of nitro benzene ring substituents is 1. The van der Waals surface area contributed by atoms with Gasteiger partial charge in [-0.25, -0.2) is 8.42 Å². The molecule has 0 heterocycles. The Bertz CT molecular complexity index is 649. The molecule has 0 spiro atoms. The third-order valence-corrected chi connectivity index (χ3v) is 6.36. The standard InChI is InChI=1S/C12H17ClN2O4S2/c1-8-5-10(13)11(15(16)17)6-12(8)21(18,19)14(3)9(2)7-20-4/h5-6,9H,7H2,1-4H3. The van der Waals surface area contributed by atoms with Crippen molar-refractivity contribution < 1.29 is 13.3 Å². The summed E-state index contributed by atoms with van der Waals surface area (Å²) in [5, 5.41) is 10.9. The monoisotopic (exact) mass is 352 g/mol. The summed E-state index contributed by atoms with van der Waals surface area (Å²) in [6.45, 7) is 3.35. The van der Waals surface area contributed by atoms with Crippen molar-refractivity contribution in [2.24, 2.45) is 0 Å². The second-order valence-corrected chi connectivity index (χ2v) is 7.94. The molecule has 21 heavy (non-hydrogen) atoms. The number of benzene rings is 1. The lowest BCUT2D eigenvalue weighted by atomic mass is 10.2. The first-order valence-electron chi connectivity index (χ1n) is 6.04. The number of aryl methyl sites for hydroxylation is 1. The topological polar surface area (TPSA) is 80.5 Å². The summed E-state index contributed by atoms with van der Waals surface area (Å²) < 4.78 is 26.4. The minimum Gasteiger partial charge on any atom is -0.258 e. The summed E-state index contributed by atoms with van der Waals surface area (Å²) in [5.74, 6) is 0.629. The molecule has 0 fully saturated rings. The number of nitro groups is 1. The van der Waals surface area contributed by atoms with Crippen molar-refractivity contribution in [1.29, 1.82) is 0 Å². The van der Waals surface area contributed by atoms with Crippen LogP contribution >= 0.6 is 23.4 Å². The van der Waals surface area contributed by atoms with Gasteiger partial charge in [0.1, 0.15) is 5.02 Å². The third kappa shape index (κ3) is 3.88. The van der Waals surface area contributed by atoms with Crippen LogP contribution in [0.4, 0.5) is 5.69 Å². The highest BCUT2D eigenvalue weighted by Gasteiger charge is 2.29. The molecule has 0 saturated heterocycles. The fourth-order valence-electron chi connectivity index (χ4n) is 1.80. The lowest BCUT2D eigenvalue weighted by Crippen LogP contribution is -2.36. The van der Waals surface area contributed by atoms with Gasteiger partial charge >= 0.3 is 0 Å². The number of nitrogens with zero attached hydrogens (tertiary/aromatic N) is 2. The van der Waals surface area contributed by atoms with Crippen LogP contribution in [-0.2, 0) is 10.0 Å². The molecule has 9 heteroatoms. The van der Waals surface area contributed by atoms with E-state index in [1.807, 2.05) is 6.26 Å². The minimum absolute atomic E-state index is 0.0729. The molecule has 0 saturated carbocycles. The highest BCUT2D eigenvalue weighted by molar-refractivity contribution is 7.98. The van der Waals surface area contributed by atoms with Crippen molar-refractivity contribution in [1.82, 2.24) is 4.31 Å². The molecule has 0 amide bonds. The van der Waals surface area contributed by atoms with E-state index in [4.69, 9.17) is 11.6 Å². The minimum atomic E-state index is -3.81. The Morgan fingerprint density at radius 1 is 1.48 bits per heavy atom. The van der Waals surface area contributed by atoms with E-state index in [0.29, 0.717) is 11.3 Å². The Morgan fingerprint density at radius 2 is 2.05 bits per heavy atom. The van der Waals surface area contributed by atoms with E-state index in [1.54, 1.807) is 13.8 Å². The van der Waals surface area contributed by atoms with Gasteiger partial charge in [-0.05, 0) is 31.7 Å². The molecule has 1 aromatic rings. The number of hydrogen-bond donors (Lipinski definition) is 0. The fraction of sp³-hybridized carbons (Fsp3) is 0.500. The second kappa shape index (κ2) is 6.95. The molecule has 0 bridgehead atoms. The van der Waals surface area contributed by atoms with Crippen LogP contribution in [0.1, 0.15) is 12.5 Å². The first-order chi connectivity index (χ1) is 9.62. The van der Waals surface area contributed by atoms with Crippen LogP contribution in [0, 0.1) is 17.0 Å². The maximum absolute atomic E-state index is 12.6. The number of halogens is 1. The van der Waals surface area contributed by atoms with Gasteiger partial charge in [-0.3, -0.25) is 10.1 Å². The summed E-state index contributed by atoms with van der Waals surface area (Å²) in [5.41, 5.74) is -0.0273. The number of hydrogen-bond acceptors (Lipinski definition) is 5. The largest absolute Gasteiger partial charge is 0.289 e. The molecular formula is C12H17ClN2O4S2. The van der Waals surface area contributed by atoms with E-state index in [-0.39, 0.29) is 16.0 Å². The van der Waals surface area contributed by atoms with E-state index in [9.17, 15) is 18.5 Å². The zero-order valence-electron chi connectivity index (χ0n) is 12.2. The second-order valence-electron chi connectivity index (χ2n) is 4.65. The van der Waals surface area contributed by atoms with E-state index < -0.39 is 20.6 Å². The highest BCUT2D eigenvalue weighted by Crippen LogP contribution is 2.31. The highest BCUT2D eigenvalue weighted by atomic mass is 35.5. The van der Waals surface area contributed by atoms with Gasteiger partial charge in [-0.15, -0.1) is 0 Å². The van der Waals surface area contributed by atoms with Crippen molar-refractivity contribution in [3.05, 3.63) is 32.8 Å². The van der Waals surface area contributed by atoms with Gasteiger partial charge in [-0.2, -0.15) is 16.1 Å². The van der Waals surface area contributed by atoms with Gasteiger partial charge in [0.15, 0.2) is 0 Å². The Kier molecular flexibility index (Phi) is 6.03. The molecule has 0 aliphatic rings. The van der Waals surface area contributed by atoms with Crippen molar-refractivity contribution in [3.63, 3.8) is 0 Å². The van der Waals surface area contributed by atoms with E-state index in [1.165, 1.54) is 29.2 Å². The van der Waals surface area contributed by atoms with Gasteiger partial charge in [-0.1, -0.05) is 11.6 Å². The average Bonchev–Trinajstić information content (AvgIpc) is 2.37. The molecule has 118 valence electrons. The van der Waals surface area contributed by atoms with Gasteiger partial charge in [0.2, 0.25) is 10.0 Å².